The van der Waals surface area contributed by atoms with Crippen LogP contribution in [0.5, 0.6) is 0 Å². The van der Waals surface area contributed by atoms with Crippen molar-refractivity contribution in [1.29, 1.82) is 0 Å². The predicted molar refractivity (Wildman–Crippen MR) is 51.9 cm³/mol. The van der Waals surface area contributed by atoms with Gasteiger partial charge in [-0.1, -0.05) is 0 Å². The Morgan fingerprint density at radius 3 is 2.38 bits per heavy atom. The van der Waals surface area contributed by atoms with E-state index in [1.165, 1.54) is 12.1 Å². The van der Waals surface area contributed by atoms with E-state index in [4.69, 9.17) is 11.5 Å². The average Bonchev–Trinajstić information content (AvgIpc) is 2.01. The lowest BCUT2D eigenvalue weighted by Crippen LogP contribution is -2.03. The number of hydrogen-bond acceptors (Lipinski definition) is 4. The molecule has 0 bridgehead atoms. The fraction of sp³-hybridized carbons (Fsp3) is 0.250. The van der Waals surface area contributed by atoms with Gasteiger partial charge in [-0.2, -0.15) is 0 Å². The van der Waals surface area contributed by atoms with Crippen molar-refractivity contribution >= 4 is 15.5 Å². The molecule has 4 nitrogen and oxygen atoms in total. The van der Waals surface area contributed by atoms with Gasteiger partial charge in [-0.15, -0.1) is 0 Å². The van der Waals surface area contributed by atoms with Gasteiger partial charge in [0.25, 0.3) is 0 Å². The predicted octanol–water partition coefficient (Wildman–Crippen LogP) is 0.131. The highest BCUT2D eigenvalue weighted by Crippen LogP contribution is 2.16. The maximum Gasteiger partial charge on any atom is 0.175 e. The van der Waals surface area contributed by atoms with E-state index in [9.17, 15) is 8.42 Å². The van der Waals surface area contributed by atoms with Crippen molar-refractivity contribution in [2.45, 2.75) is 11.4 Å². The summed E-state index contributed by atoms with van der Waals surface area (Å²) in [5.41, 5.74) is 12.0. The third-order valence-corrected chi connectivity index (χ3v) is 2.74. The Bertz CT molecular complexity index is 412. The number of benzene rings is 1. The summed E-state index contributed by atoms with van der Waals surface area (Å²) < 4.78 is 22.3. The molecule has 0 spiro atoms. The van der Waals surface area contributed by atoms with Gasteiger partial charge in [0.15, 0.2) is 9.84 Å². The lowest BCUT2D eigenvalue weighted by Gasteiger charge is -2.03. The number of rotatable bonds is 2. The lowest BCUT2D eigenvalue weighted by atomic mass is 10.2. The summed E-state index contributed by atoms with van der Waals surface area (Å²) in [6, 6.07) is 4.62. The molecule has 0 amide bonds. The molecular weight excluding hydrogens is 188 g/mol. The first-order chi connectivity index (χ1) is 5.93. The van der Waals surface area contributed by atoms with Crippen molar-refractivity contribution in [2.75, 3.05) is 12.0 Å². The Balaban J connectivity index is 3.33. The molecule has 0 unspecified atom stereocenters. The molecule has 0 aliphatic rings. The van der Waals surface area contributed by atoms with Crippen LogP contribution in [-0.4, -0.2) is 14.7 Å². The number of hydrogen-bond donors (Lipinski definition) is 2. The zero-order chi connectivity index (χ0) is 10.1. The summed E-state index contributed by atoms with van der Waals surface area (Å²) in [6.45, 7) is 0.285. The summed E-state index contributed by atoms with van der Waals surface area (Å²) in [5.74, 6) is 0. The number of nitrogen functional groups attached to an aromatic ring is 1. The monoisotopic (exact) mass is 200 g/mol. The van der Waals surface area contributed by atoms with E-state index in [0.29, 0.717) is 5.69 Å². The van der Waals surface area contributed by atoms with Crippen molar-refractivity contribution in [2.24, 2.45) is 5.73 Å². The van der Waals surface area contributed by atoms with Crippen molar-refractivity contribution in [1.82, 2.24) is 0 Å². The number of nitrogens with two attached hydrogens (primary N) is 2. The van der Waals surface area contributed by atoms with Gasteiger partial charge < -0.3 is 11.5 Å². The van der Waals surface area contributed by atoms with Crippen LogP contribution in [0.1, 0.15) is 5.56 Å². The third-order valence-electron chi connectivity index (χ3n) is 1.65. The second-order valence-electron chi connectivity index (χ2n) is 2.89. The van der Waals surface area contributed by atoms with Gasteiger partial charge >= 0.3 is 0 Å². The Kier molecular flexibility index (Phi) is 2.58. The molecule has 1 aromatic rings. The molecule has 0 aromatic heterocycles. The van der Waals surface area contributed by atoms with E-state index >= 15 is 0 Å². The molecule has 0 saturated carbocycles. The highest BCUT2D eigenvalue weighted by molar-refractivity contribution is 7.90. The van der Waals surface area contributed by atoms with Gasteiger partial charge in [0, 0.05) is 18.5 Å². The molecule has 0 aliphatic heterocycles. The fourth-order valence-corrected chi connectivity index (χ4v) is 1.73. The highest BCUT2D eigenvalue weighted by atomic mass is 32.2. The molecule has 0 atom stereocenters. The summed E-state index contributed by atoms with van der Waals surface area (Å²) in [7, 11) is -3.19. The molecule has 0 saturated heterocycles. The Hall–Kier alpha value is -1.07. The Morgan fingerprint density at radius 2 is 1.92 bits per heavy atom. The Morgan fingerprint density at radius 1 is 1.31 bits per heavy atom. The van der Waals surface area contributed by atoms with Gasteiger partial charge in [0.2, 0.25) is 0 Å². The van der Waals surface area contributed by atoms with Gasteiger partial charge in [-0.3, -0.25) is 0 Å². The van der Waals surface area contributed by atoms with Gasteiger partial charge in [0.1, 0.15) is 0 Å². The smallest absolute Gasteiger partial charge is 0.175 e. The quantitative estimate of drug-likeness (QED) is 0.664. The minimum Gasteiger partial charge on any atom is -0.399 e. The third kappa shape index (κ3) is 2.43. The molecule has 72 valence electrons. The zero-order valence-electron chi connectivity index (χ0n) is 7.32. The average molecular weight is 200 g/mol. The van der Waals surface area contributed by atoms with Crippen LogP contribution in [0.3, 0.4) is 0 Å². The topological polar surface area (TPSA) is 86.2 Å². The zero-order valence-corrected chi connectivity index (χ0v) is 8.14. The van der Waals surface area contributed by atoms with E-state index in [1.54, 1.807) is 6.07 Å². The maximum atomic E-state index is 11.2. The molecule has 4 N–H and O–H groups in total. The first kappa shape index (κ1) is 10.0. The van der Waals surface area contributed by atoms with E-state index in [2.05, 4.69) is 0 Å². The van der Waals surface area contributed by atoms with Crippen LogP contribution in [0.25, 0.3) is 0 Å². The van der Waals surface area contributed by atoms with Crippen LogP contribution >= 0.6 is 0 Å². The minimum absolute atomic E-state index is 0.216. The van der Waals surface area contributed by atoms with E-state index in [1.807, 2.05) is 0 Å². The maximum absolute atomic E-state index is 11.2. The van der Waals surface area contributed by atoms with Crippen molar-refractivity contribution < 1.29 is 8.42 Å². The van der Waals surface area contributed by atoms with Crippen molar-refractivity contribution in [3.05, 3.63) is 23.8 Å². The lowest BCUT2D eigenvalue weighted by molar-refractivity contribution is 0.602. The highest BCUT2D eigenvalue weighted by Gasteiger charge is 2.08. The van der Waals surface area contributed by atoms with Crippen LogP contribution in [0.4, 0.5) is 5.69 Å². The van der Waals surface area contributed by atoms with Crippen LogP contribution in [0, 0.1) is 0 Å². The summed E-state index contributed by atoms with van der Waals surface area (Å²) in [5, 5.41) is 0. The van der Waals surface area contributed by atoms with Crippen LogP contribution in [-0.2, 0) is 16.4 Å². The van der Waals surface area contributed by atoms with E-state index in [0.717, 1.165) is 11.8 Å². The minimum atomic E-state index is -3.19. The van der Waals surface area contributed by atoms with Crippen LogP contribution < -0.4 is 11.5 Å². The molecule has 5 heteroatoms. The Labute approximate surface area is 77.5 Å². The van der Waals surface area contributed by atoms with Crippen molar-refractivity contribution in [3.8, 4) is 0 Å². The fourth-order valence-electron chi connectivity index (χ4n) is 1.02. The largest absolute Gasteiger partial charge is 0.399 e. The standard InChI is InChI=1S/C8H12N2O2S/c1-13(11,12)8-3-6(5-9)2-7(10)4-8/h2-4H,5,9-10H2,1H3. The van der Waals surface area contributed by atoms with Crippen LogP contribution in [0.15, 0.2) is 23.1 Å². The van der Waals surface area contributed by atoms with E-state index in [-0.39, 0.29) is 11.4 Å². The second-order valence-corrected chi connectivity index (χ2v) is 4.90. The summed E-state index contributed by atoms with van der Waals surface area (Å²) in [6.07, 6.45) is 1.14. The second kappa shape index (κ2) is 3.35. The summed E-state index contributed by atoms with van der Waals surface area (Å²) >= 11 is 0. The summed E-state index contributed by atoms with van der Waals surface area (Å²) in [4.78, 5) is 0.216. The first-order valence-corrected chi connectivity index (χ1v) is 5.62. The molecular formula is C8H12N2O2S. The molecule has 13 heavy (non-hydrogen) atoms. The molecule has 0 fully saturated rings. The molecule has 0 radical (unpaired) electrons. The van der Waals surface area contributed by atoms with Crippen LogP contribution in [0.2, 0.25) is 0 Å². The SMILES string of the molecule is CS(=O)(=O)c1cc(N)cc(CN)c1. The normalized spacial score (nSPS) is 11.5. The first-order valence-electron chi connectivity index (χ1n) is 3.73. The molecule has 0 aliphatic carbocycles. The molecule has 1 aromatic carbocycles. The number of sulfone groups is 1. The molecule has 0 heterocycles. The van der Waals surface area contributed by atoms with Gasteiger partial charge in [-0.25, -0.2) is 8.42 Å². The van der Waals surface area contributed by atoms with Crippen molar-refractivity contribution in [3.63, 3.8) is 0 Å². The van der Waals surface area contributed by atoms with E-state index < -0.39 is 9.84 Å². The number of anilines is 1. The molecule has 1 rings (SSSR count). The van der Waals surface area contributed by atoms with Gasteiger partial charge in [-0.05, 0) is 23.8 Å². The van der Waals surface area contributed by atoms with Gasteiger partial charge in [0.05, 0.1) is 4.90 Å².